The fourth-order valence-electron chi connectivity index (χ4n) is 4.62. The number of aryl methyl sites for hydroxylation is 1. The summed E-state index contributed by atoms with van der Waals surface area (Å²) in [6.45, 7) is 13.4. The maximum absolute atomic E-state index is 12.9. The van der Waals surface area contributed by atoms with Crippen molar-refractivity contribution >= 4 is 22.6 Å². The number of phenolic OH excluding ortho intramolecular Hbond substituents is 1. The number of aromatic hydroxyl groups is 1. The summed E-state index contributed by atoms with van der Waals surface area (Å²) in [5.41, 5.74) is 3.90. The average Bonchev–Trinajstić information content (AvgIpc) is 3.01. The van der Waals surface area contributed by atoms with Gasteiger partial charge in [-0.15, -0.1) is 0 Å². The van der Waals surface area contributed by atoms with E-state index in [2.05, 4.69) is 48.5 Å². The van der Waals surface area contributed by atoms with E-state index < -0.39 is 11.5 Å². The summed E-state index contributed by atoms with van der Waals surface area (Å²) in [6.07, 6.45) is 3.31. The fraction of sp³-hybridized carbons (Fsp3) is 0.333. The average molecular weight is 585 g/mol. The Morgan fingerprint density at radius 3 is 2.49 bits per heavy atom. The smallest absolute Gasteiger partial charge is 0.360 e. The van der Waals surface area contributed by atoms with E-state index in [0.29, 0.717) is 46.9 Å². The van der Waals surface area contributed by atoms with Crippen molar-refractivity contribution in [2.45, 2.75) is 60.4 Å². The standard InChI is InChI=1S/C34H38N2O5.C2H6/c1-22(2)12-13-26-20-28(14-16-30(26)37)33(38)35-29-21-27-15-17-31(23(3)32(27)41-34(29)39)40-19-9-18-36(5)24(4)25-10-7-6-8-11-25;1-2/h6-8,10-12,14-17,20-21,24,37H,9,13,18-19H2,1-5H3,(H,35,38);1-2H3. The SMILES string of the molecule is CC.CC(C)=CCc1cc(C(=O)Nc2cc3ccc(OCCCN(C)C(C)c4ccccc4)c(C)c3oc2=O)ccc1O. The predicted octanol–water partition coefficient (Wildman–Crippen LogP) is 8.06. The molecule has 43 heavy (non-hydrogen) atoms. The molecular formula is C36H44N2O5. The minimum absolute atomic E-state index is 0.0464. The van der Waals surface area contributed by atoms with E-state index >= 15 is 0 Å². The van der Waals surface area contributed by atoms with Crippen molar-refractivity contribution < 1.29 is 19.1 Å². The summed E-state index contributed by atoms with van der Waals surface area (Å²) in [6, 6.07) is 20.6. The molecule has 1 amide bonds. The van der Waals surface area contributed by atoms with Crippen LogP contribution in [-0.2, 0) is 6.42 Å². The molecular weight excluding hydrogens is 540 g/mol. The summed E-state index contributed by atoms with van der Waals surface area (Å²) in [4.78, 5) is 28.0. The minimum Gasteiger partial charge on any atom is -0.508 e. The highest BCUT2D eigenvalue weighted by atomic mass is 16.5. The van der Waals surface area contributed by atoms with Crippen LogP contribution in [-0.4, -0.2) is 36.1 Å². The molecule has 3 aromatic carbocycles. The third-order valence-corrected chi connectivity index (χ3v) is 7.28. The molecule has 1 aromatic heterocycles. The van der Waals surface area contributed by atoms with Crippen molar-refractivity contribution in [3.63, 3.8) is 0 Å². The van der Waals surface area contributed by atoms with Crippen LogP contribution in [0.2, 0.25) is 0 Å². The zero-order valence-corrected chi connectivity index (χ0v) is 26.4. The van der Waals surface area contributed by atoms with Gasteiger partial charge < -0.3 is 19.6 Å². The van der Waals surface area contributed by atoms with Crippen LogP contribution >= 0.6 is 0 Å². The monoisotopic (exact) mass is 584 g/mol. The summed E-state index contributed by atoms with van der Waals surface area (Å²) in [7, 11) is 2.11. The van der Waals surface area contributed by atoms with E-state index in [-0.39, 0.29) is 11.4 Å². The quantitative estimate of drug-likeness (QED) is 0.105. The maximum atomic E-state index is 12.9. The first kappa shape index (κ1) is 33.1. The molecule has 0 aliphatic rings. The van der Waals surface area contributed by atoms with Crippen LogP contribution in [0.3, 0.4) is 0 Å². The molecule has 0 saturated heterocycles. The van der Waals surface area contributed by atoms with E-state index in [9.17, 15) is 14.7 Å². The van der Waals surface area contributed by atoms with Gasteiger partial charge in [0.1, 0.15) is 22.8 Å². The summed E-state index contributed by atoms with van der Waals surface area (Å²) in [5.74, 6) is 0.314. The normalized spacial score (nSPS) is 11.4. The molecule has 0 radical (unpaired) electrons. The first-order valence-electron chi connectivity index (χ1n) is 14.9. The van der Waals surface area contributed by atoms with Crippen molar-refractivity contribution in [2.24, 2.45) is 0 Å². The van der Waals surface area contributed by atoms with Gasteiger partial charge in [-0.3, -0.25) is 9.69 Å². The Balaban J connectivity index is 0.00000248. The number of allylic oxidation sites excluding steroid dienone is 2. The molecule has 2 N–H and O–H groups in total. The van der Waals surface area contributed by atoms with E-state index in [1.807, 2.05) is 58.9 Å². The Bertz CT molecular complexity index is 1600. The Morgan fingerprint density at radius 1 is 1.07 bits per heavy atom. The number of phenols is 1. The third-order valence-electron chi connectivity index (χ3n) is 7.28. The highest BCUT2D eigenvalue weighted by Crippen LogP contribution is 2.28. The molecule has 0 aliphatic heterocycles. The molecule has 7 nitrogen and oxygen atoms in total. The van der Waals surface area contributed by atoms with Crippen LogP contribution in [0.25, 0.3) is 11.0 Å². The number of carbonyl (C=O) groups excluding carboxylic acids is 1. The Morgan fingerprint density at radius 2 is 1.79 bits per heavy atom. The van der Waals surface area contributed by atoms with Gasteiger partial charge in [-0.05, 0) is 95.1 Å². The molecule has 1 atom stereocenters. The number of carbonyl (C=O) groups is 1. The van der Waals surface area contributed by atoms with Gasteiger partial charge >= 0.3 is 5.63 Å². The van der Waals surface area contributed by atoms with Gasteiger partial charge in [0.05, 0.1) is 6.61 Å². The number of amides is 1. The second-order valence-electron chi connectivity index (χ2n) is 10.6. The van der Waals surface area contributed by atoms with Gasteiger partial charge in [0.25, 0.3) is 5.91 Å². The molecule has 228 valence electrons. The van der Waals surface area contributed by atoms with Crippen molar-refractivity contribution in [1.29, 1.82) is 0 Å². The zero-order valence-electron chi connectivity index (χ0n) is 26.4. The second-order valence-corrected chi connectivity index (χ2v) is 10.6. The van der Waals surface area contributed by atoms with Crippen LogP contribution < -0.4 is 15.7 Å². The van der Waals surface area contributed by atoms with Crippen molar-refractivity contribution in [1.82, 2.24) is 4.90 Å². The maximum Gasteiger partial charge on any atom is 0.360 e. The van der Waals surface area contributed by atoms with Crippen LogP contribution in [0.15, 0.2) is 87.6 Å². The number of hydrogen-bond donors (Lipinski definition) is 2. The highest BCUT2D eigenvalue weighted by Gasteiger charge is 2.16. The zero-order chi connectivity index (χ0) is 31.5. The van der Waals surface area contributed by atoms with E-state index in [4.69, 9.17) is 9.15 Å². The second kappa shape index (κ2) is 15.8. The van der Waals surface area contributed by atoms with E-state index in [0.717, 1.165) is 24.1 Å². The van der Waals surface area contributed by atoms with Crippen molar-refractivity contribution in [3.05, 3.63) is 111 Å². The van der Waals surface area contributed by atoms with Gasteiger partial charge in [0.2, 0.25) is 0 Å². The van der Waals surface area contributed by atoms with Gasteiger partial charge in [-0.1, -0.05) is 55.8 Å². The molecule has 0 spiro atoms. The van der Waals surface area contributed by atoms with E-state index in [1.54, 1.807) is 12.1 Å². The molecule has 4 aromatic rings. The van der Waals surface area contributed by atoms with E-state index in [1.165, 1.54) is 17.7 Å². The lowest BCUT2D eigenvalue weighted by Crippen LogP contribution is -2.24. The van der Waals surface area contributed by atoms with Gasteiger partial charge in [-0.25, -0.2) is 4.79 Å². The Hall–Kier alpha value is -4.36. The number of rotatable bonds is 11. The number of fused-ring (bicyclic) bond motifs is 1. The van der Waals surface area contributed by atoms with Crippen LogP contribution in [0.4, 0.5) is 5.69 Å². The number of hydrogen-bond acceptors (Lipinski definition) is 6. The first-order chi connectivity index (χ1) is 20.6. The number of nitrogens with zero attached hydrogens (tertiary/aromatic N) is 1. The van der Waals surface area contributed by atoms with Crippen LogP contribution in [0.5, 0.6) is 11.5 Å². The summed E-state index contributed by atoms with van der Waals surface area (Å²) in [5, 5.41) is 13.5. The molecule has 0 aliphatic carbocycles. The lowest BCUT2D eigenvalue weighted by molar-refractivity contribution is 0.102. The largest absolute Gasteiger partial charge is 0.508 e. The third kappa shape index (κ3) is 8.82. The molecule has 0 fully saturated rings. The molecule has 1 unspecified atom stereocenters. The first-order valence-corrected chi connectivity index (χ1v) is 14.9. The predicted molar refractivity (Wildman–Crippen MR) is 175 cm³/mol. The number of nitrogens with one attached hydrogen (secondary N) is 1. The molecule has 0 bridgehead atoms. The van der Waals surface area contributed by atoms with Crippen molar-refractivity contribution in [3.8, 4) is 11.5 Å². The number of ether oxygens (including phenoxy) is 1. The molecule has 1 heterocycles. The lowest BCUT2D eigenvalue weighted by Gasteiger charge is -2.25. The van der Waals surface area contributed by atoms with Gasteiger partial charge in [0, 0.05) is 29.1 Å². The summed E-state index contributed by atoms with van der Waals surface area (Å²) < 4.78 is 11.7. The Kier molecular flexibility index (Phi) is 12.1. The molecule has 4 rings (SSSR count). The number of anilines is 1. The Labute approximate surface area is 254 Å². The van der Waals surface area contributed by atoms with Crippen LogP contribution in [0, 0.1) is 6.92 Å². The molecule has 7 heteroatoms. The lowest BCUT2D eigenvalue weighted by atomic mass is 10.0. The van der Waals surface area contributed by atoms with Gasteiger partial charge in [-0.2, -0.15) is 0 Å². The summed E-state index contributed by atoms with van der Waals surface area (Å²) >= 11 is 0. The van der Waals surface area contributed by atoms with Crippen LogP contribution in [0.1, 0.15) is 74.1 Å². The molecule has 0 saturated carbocycles. The number of benzene rings is 3. The highest BCUT2D eigenvalue weighted by molar-refractivity contribution is 6.05. The van der Waals surface area contributed by atoms with Crippen molar-refractivity contribution in [2.75, 3.05) is 25.5 Å². The topological polar surface area (TPSA) is 92.0 Å². The minimum atomic E-state index is -0.647. The van der Waals surface area contributed by atoms with Gasteiger partial charge in [0.15, 0.2) is 0 Å². The fourth-order valence-corrected chi connectivity index (χ4v) is 4.62.